The fourth-order valence-corrected chi connectivity index (χ4v) is 2.27. The standard InChI is InChI=1S/C13H11ClN4O2/c1-20-13-11-12(15-7-16-13)18(6-10(19)17-11)9-4-2-3-8(14)5-9/h2-5,7H,6H2,1H3,(H,17,19). The second-order valence-corrected chi connectivity index (χ2v) is 4.63. The molecule has 0 bridgehead atoms. The number of aromatic nitrogens is 2. The molecular formula is C13H11ClN4O2. The Hall–Kier alpha value is -2.34. The monoisotopic (exact) mass is 290 g/mol. The van der Waals surface area contributed by atoms with Crippen LogP contribution in [0.15, 0.2) is 30.6 Å². The third kappa shape index (κ3) is 2.14. The maximum atomic E-state index is 11.9. The van der Waals surface area contributed by atoms with Crippen LogP contribution in [-0.4, -0.2) is 29.5 Å². The molecular weight excluding hydrogens is 280 g/mol. The Labute approximate surface area is 120 Å². The lowest BCUT2D eigenvalue weighted by atomic mass is 10.2. The van der Waals surface area contributed by atoms with Gasteiger partial charge >= 0.3 is 0 Å². The number of amides is 1. The first kappa shape index (κ1) is 12.7. The minimum Gasteiger partial charge on any atom is -0.479 e. The zero-order chi connectivity index (χ0) is 14.1. The first-order valence-corrected chi connectivity index (χ1v) is 6.29. The fourth-order valence-electron chi connectivity index (χ4n) is 2.08. The molecule has 7 heteroatoms. The molecule has 1 N–H and O–H groups in total. The van der Waals surface area contributed by atoms with Gasteiger partial charge in [0.1, 0.15) is 18.6 Å². The van der Waals surface area contributed by atoms with Crippen LogP contribution in [0, 0.1) is 0 Å². The first-order chi connectivity index (χ1) is 9.69. The van der Waals surface area contributed by atoms with Crippen molar-refractivity contribution >= 4 is 34.7 Å². The molecule has 0 atom stereocenters. The van der Waals surface area contributed by atoms with E-state index in [-0.39, 0.29) is 12.5 Å². The summed E-state index contributed by atoms with van der Waals surface area (Å²) in [4.78, 5) is 21.9. The highest BCUT2D eigenvalue weighted by Crippen LogP contribution is 2.38. The van der Waals surface area contributed by atoms with Crippen molar-refractivity contribution < 1.29 is 9.53 Å². The second kappa shape index (κ2) is 4.97. The fraction of sp³-hybridized carbons (Fsp3) is 0.154. The van der Waals surface area contributed by atoms with E-state index < -0.39 is 0 Å². The lowest BCUT2D eigenvalue weighted by molar-refractivity contribution is -0.115. The zero-order valence-electron chi connectivity index (χ0n) is 10.6. The van der Waals surface area contributed by atoms with E-state index >= 15 is 0 Å². The number of carbonyl (C=O) groups excluding carboxylic acids is 1. The molecule has 1 aliphatic rings. The van der Waals surface area contributed by atoms with Crippen molar-refractivity contribution in [2.45, 2.75) is 0 Å². The SMILES string of the molecule is COc1ncnc2c1NC(=O)CN2c1cccc(Cl)c1. The molecule has 0 fully saturated rings. The molecule has 0 unspecified atom stereocenters. The Morgan fingerprint density at radius 2 is 2.25 bits per heavy atom. The molecule has 3 rings (SSSR count). The molecule has 1 aromatic heterocycles. The average Bonchev–Trinajstić information content (AvgIpc) is 2.45. The van der Waals surface area contributed by atoms with Crippen LogP contribution in [0.3, 0.4) is 0 Å². The number of nitrogens with one attached hydrogen (secondary N) is 1. The van der Waals surface area contributed by atoms with Crippen LogP contribution in [0.25, 0.3) is 0 Å². The summed E-state index contributed by atoms with van der Waals surface area (Å²) in [6, 6.07) is 7.24. The van der Waals surface area contributed by atoms with Crippen LogP contribution in [0.1, 0.15) is 0 Å². The molecule has 20 heavy (non-hydrogen) atoms. The molecule has 0 saturated heterocycles. The van der Waals surface area contributed by atoms with Crippen molar-refractivity contribution in [2.24, 2.45) is 0 Å². The van der Waals surface area contributed by atoms with Gasteiger partial charge in [0.25, 0.3) is 0 Å². The molecule has 1 amide bonds. The Balaban J connectivity index is 2.13. The number of fused-ring (bicyclic) bond motifs is 1. The molecule has 102 valence electrons. The average molecular weight is 291 g/mol. The number of anilines is 3. The summed E-state index contributed by atoms with van der Waals surface area (Å²) in [6.07, 6.45) is 1.40. The van der Waals surface area contributed by atoms with E-state index in [1.807, 2.05) is 12.1 Å². The number of rotatable bonds is 2. The van der Waals surface area contributed by atoms with Gasteiger partial charge in [0, 0.05) is 10.7 Å². The molecule has 0 radical (unpaired) electrons. The Bertz CT molecular complexity index is 677. The van der Waals surface area contributed by atoms with Gasteiger partial charge in [-0.2, -0.15) is 4.98 Å². The number of hydrogen-bond acceptors (Lipinski definition) is 5. The zero-order valence-corrected chi connectivity index (χ0v) is 11.4. The maximum absolute atomic E-state index is 11.9. The highest BCUT2D eigenvalue weighted by molar-refractivity contribution is 6.30. The number of ether oxygens (including phenoxy) is 1. The van der Waals surface area contributed by atoms with Crippen molar-refractivity contribution in [2.75, 3.05) is 23.9 Å². The number of halogens is 1. The molecule has 2 heterocycles. The molecule has 0 saturated carbocycles. The van der Waals surface area contributed by atoms with Crippen LogP contribution < -0.4 is 15.0 Å². The number of benzene rings is 1. The number of carbonyl (C=O) groups is 1. The quantitative estimate of drug-likeness (QED) is 0.918. The van der Waals surface area contributed by atoms with Crippen molar-refractivity contribution in [1.82, 2.24) is 9.97 Å². The van der Waals surface area contributed by atoms with Gasteiger partial charge in [-0.1, -0.05) is 17.7 Å². The highest BCUT2D eigenvalue weighted by atomic mass is 35.5. The summed E-state index contributed by atoms with van der Waals surface area (Å²) < 4.78 is 5.15. The first-order valence-electron chi connectivity index (χ1n) is 5.91. The highest BCUT2D eigenvalue weighted by Gasteiger charge is 2.28. The van der Waals surface area contributed by atoms with Crippen LogP contribution >= 0.6 is 11.6 Å². The summed E-state index contributed by atoms with van der Waals surface area (Å²) >= 11 is 6.00. The number of methoxy groups -OCH3 is 1. The molecule has 6 nitrogen and oxygen atoms in total. The van der Waals surface area contributed by atoms with Crippen LogP contribution in [-0.2, 0) is 4.79 Å². The lowest BCUT2D eigenvalue weighted by Gasteiger charge is -2.29. The van der Waals surface area contributed by atoms with Gasteiger partial charge in [-0.25, -0.2) is 4.98 Å². The number of nitrogens with zero attached hydrogens (tertiary/aromatic N) is 3. The van der Waals surface area contributed by atoms with E-state index in [0.717, 1.165) is 5.69 Å². The van der Waals surface area contributed by atoms with Crippen molar-refractivity contribution in [1.29, 1.82) is 0 Å². The number of hydrogen-bond donors (Lipinski definition) is 1. The summed E-state index contributed by atoms with van der Waals surface area (Å²) in [5, 5.41) is 3.32. The minimum atomic E-state index is -0.162. The Kier molecular flexibility index (Phi) is 3.15. The van der Waals surface area contributed by atoms with Gasteiger partial charge in [-0.3, -0.25) is 4.79 Å². The third-order valence-electron chi connectivity index (χ3n) is 2.93. The lowest BCUT2D eigenvalue weighted by Crippen LogP contribution is -2.36. The van der Waals surface area contributed by atoms with Gasteiger partial charge in [-0.15, -0.1) is 0 Å². The van der Waals surface area contributed by atoms with Crippen LogP contribution in [0.4, 0.5) is 17.2 Å². The van der Waals surface area contributed by atoms with E-state index in [1.165, 1.54) is 13.4 Å². The third-order valence-corrected chi connectivity index (χ3v) is 3.16. The summed E-state index contributed by atoms with van der Waals surface area (Å²) in [5.74, 6) is 0.749. The van der Waals surface area contributed by atoms with Crippen LogP contribution in [0.5, 0.6) is 5.88 Å². The van der Waals surface area contributed by atoms with E-state index in [1.54, 1.807) is 17.0 Å². The normalized spacial score (nSPS) is 13.7. The van der Waals surface area contributed by atoms with Gasteiger partial charge < -0.3 is 15.0 Å². The minimum absolute atomic E-state index is 0.160. The van der Waals surface area contributed by atoms with Gasteiger partial charge in [0.15, 0.2) is 5.82 Å². The smallest absolute Gasteiger partial charge is 0.244 e. The molecule has 0 aliphatic carbocycles. The van der Waals surface area contributed by atoms with Gasteiger partial charge in [0.2, 0.25) is 11.8 Å². The van der Waals surface area contributed by atoms with E-state index in [2.05, 4.69) is 15.3 Å². The summed E-state index contributed by atoms with van der Waals surface area (Å²) in [7, 11) is 1.49. The van der Waals surface area contributed by atoms with Crippen molar-refractivity contribution in [3.05, 3.63) is 35.6 Å². The van der Waals surface area contributed by atoms with Gasteiger partial charge in [0.05, 0.1) is 7.11 Å². The van der Waals surface area contributed by atoms with Crippen molar-refractivity contribution in [3.8, 4) is 5.88 Å². The largest absolute Gasteiger partial charge is 0.479 e. The Morgan fingerprint density at radius 1 is 1.40 bits per heavy atom. The van der Waals surface area contributed by atoms with Gasteiger partial charge in [-0.05, 0) is 18.2 Å². The van der Waals surface area contributed by atoms with E-state index in [4.69, 9.17) is 16.3 Å². The summed E-state index contributed by atoms with van der Waals surface area (Å²) in [6.45, 7) is 0.160. The predicted molar refractivity (Wildman–Crippen MR) is 75.7 cm³/mol. The molecule has 2 aromatic rings. The maximum Gasteiger partial charge on any atom is 0.244 e. The molecule has 1 aliphatic heterocycles. The van der Waals surface area contributed by atoms with E-state index in [9.17, 15) is 4.79 Å². The second-order valence-electron chi connectivity index (χ2n) is 4.20. The predicted octanol–water partition coefficient (Wildman–Crippen LogP) is 2.23. The van der Waals surface area contributed by atoms with E-state index in [0.29, 0.717) is 22.4 Å². The Morgan fingerprint density at radius 3 is 3.00 bits per heavy atom. The molecule has 1 aromatic carbocycles. The molecule has 0 spiro atoms. The summed E-state index contributed by atoms with van der Waals surface area (Å²) in [5.41, 5.74) is 1.25. The topological polar surface area (TPSA) is 67.4 Å². The van der Waals surface area contributed by atoms with Crippen molar-refractivity contribution in [3.63, 3.8) is 0 Å². The van der Waals surface area contributed by atoms with Crippen LogP contribution in [0.2, 0.25) is 5.02 Å².